The number of hydrogen-bond donors (Lipinski definition) is 2. The van der Waals surface area contributed by atoms with Crippen LogP contribution in [0.25, 0.3) is 0 Å². The number of rotatable bonds is 4. The lowest BCUT2D eigenvalue weighted by Gasteiger charge is -2.47. The van der Waals surface area contributed by atoms with E-state index in [-0.39, 0.29) is 24.0 Å². The Morgan fingerprint density at radius 2 is 1.94 bits per heavy atom. The van der Waals surface area contributed by atoms with Crippen LogP contribution in [0.2, 0.25) is 0 Å². The molecule has 1 aromatic carbocycles. The molecule has 0 amide bonds. The summed E-state index contributed by atoms with van der Waals surface area (Å²) in [6.07, 6.45) is 1.85. The van der Waals surface area contributed by atoms with E-state index >= 15 is 0 Å². The van der Waals surface area contributed by atoms with Crippen molar-refractivity contribution in [3.8, 4) is 5.75 Å². The largest absolute Gasteiger partial charge is 0.497 e. The monoisotopic (exact) mass is 463 g/mol. The Hall–Kier alpha value is -3.88. The minimum absolute atomic E-state index is 0.0788. The van der Waals surface area contributed by atoms with Crippen LogP contribution in [-0.2, 0) is 11.2 Å². The number of ether oxygens (including phenoxy) is 1. The molecule has 3 N–H and O–H groups in total. The first-order valence-electron chi connectivity index (χ1n) is 11.2. The van der Waals surface area contributed by atoms with Gasteiger partial charge in [-0.05, 0) is 49.4 Å². The number of piperidine rings is 1. The highest BCUT2D eigenvalue weighted by Crippen LogP contribution is 2.43. The van der Waals surface area contributed by atoms with Gasteiger partial charge in [0.1, 0.15) is 11.6 Å². The Kier molecular flexibility index (Phi) is 6.81. The van der Waals surface area contributed by atoms with Gasteiger partial charge in [0.15, 0.2) is 0 Å². The van der Waals surface area contributed by atoms with Crippen LogP contribution in [-0.4, -0.2) is 46.3 Å². The SMILES string of the molecule is COc1cccc(C[C@H]2[C@H]3C[C@H](CN(c4cc(C)nc(N)n4)C3)c3cccc(=O)n32)c1.O=CO. The zero-order valence-corrected chi connectivity index (χ0v) is 19.3. The summed E-state index contributed by atoms with van der Waals surface area (Å²) in [5, 5.41) is 6.89. The molecule has 1 fully saturated rings. The van der Waals surface area contributed by atoms with Gasteiger partial charge in [-0.1, -0.05) is 18.2 Å². The normalized spacial score (nSPS) is 20.5. The lowest BCUT2D eigenvalue weighted by Crippen LogP contribution is -2.50. The summed E-state index contributed by atoms with van der Waals surface area (Å²) in [6.45, 7) is 3.34. The highest BCUT2D eigenvalue weighted by Gasteiger charge is 2.41. The summed E-state index contributed by atoms with van der Waals surface area (Å²) >= 11 is 0. The van der Waals surface area contributed by atoms with Crippen LogP contribution in [0, 0.1) is 12.8 Å². The van der Waals surface area contributed by atoms with Gasteiger partial charge < -0.3 is 25.0 Å². The van der Waals surface area contributed by atoms with Gasteiger partial charge in [0.05, 0.1) is 7.11 Å². The van der Waals surface area contributed by atoms with Crippen molar-refractivity contribution in [3.63, 3.8) is 0 Å². The summed E-state index contributed by atoms with van der Waals surface area (Å²) in [5.74, 6) is 2.62. The highest BCUT2D eigenvalue weighted by molar-refractivity contribution is 5.45. The molecule has 3 atom stereocenters. The standard InChI is InChI=1S/C24H27N5O2.CH2O2/c1-15-9-22(27-24(25)26-15)28-13-17-12-18(14-28)21(29-20(17)7-4-8-23(29)30)11-16-5-3-6-19(10-16)31-2;2-1-3/h3-10,17-18,21H,11-14H2,1-2H3,(H2,25,26,27);1H,(H,2,3)/t17-,18+,21+;/m1./s1. The van der Waals surface area contributed by atoms with E-state index in [0.717, 1.165) is 48.9 Å². The van der Waals surface area contributed by atoms with Crippen LogP contribution in [0.4, 0.5) is 11.8 Å². The predicted molar refractivity (Wildman–Crippen MR) is 129 cm³/mol. The van der Waals surface area contributed by atoms with E-state index in [9.17, 15) is 4.79 Å². The first-order chi connectivity index (χ1) is 16.4. The molecule has 5 rings (SSSR count). The van der Waals surface area contributed by atoms with Crippen molar-refractivity contribution < 1.29 is 14.6 Å². The molecule has 34 heavy (non-hydrogen) atoms. The van der Waals surface area contributed by atoms with E-state index in [1.165, 1.54) is 5.56 Å². The number of fused-ring (bicyclic) bond motifs is 4. The van der Waals surface area contributed by atoms with Gasteiger partial charge in [-0.15, -0.1) is 0 Å². The number of benzene rings is 1. The molecule has 2 aromatic heterocycles. The highest BCUT2D eigenvalue weighted by atomic mass is 16.5. The lowest BCUT2D eigenvalue weighted by atomic mass is 9.76. The number of pyridine rings is 1. The van der Waals surface area contributed by atoms with Gasteiger partial charge in [0, 0.05) is 48.6 Å². The number of nitrogens with two attached hydrogens (primary N) is 1. The van der Waals surface area contributed by atoms with Crippen molar-refractivity contribution in [3.05, 3.63) is 75.8 Å². The number of nitrogens with zero attached hydrogens (tertiary/aromatic N) is 4. The number of carbonyl (C=O) groups is 1. The Labute approximate surface area is 197 Å². The van der Waals surface area contributed by atoms with Crippen molar-refractivity contribution in [1.82, 2.24) is 14.5 Å². The maximum atomic E-state index is 12.9. The van der Waals surface area contributed by atoms with E-state index in [2.05, 4.69) is 33.1 Å². The molecule has 1 saturated heterocycles. The number of nitrogen functional groups attached to an aromatic ring is 1. The average molecular weight is 464 g/mol. The van der Waals surface area contributed by atoms with E-state index < -0.39 is 0 Å². The maximum Gasteiger partial charge on any atom is 0.290 e. The molecule has 2 aliphatic heterocycles. The van der Waals surface area contributed by atoms with Gasteiger partial charge in [-0.3, -0.25) is 9.59 Å². The fourth-order valence-electron chi connectivity index (χ4n) is 5.27. The molecular formula is C25H29N5O4. The summed E-state index contributed by atoms with van der Waals surface area (Å²) < 4.78 is 7.45. The van der Waals surface area contributed by atoms with Crippen molar-refractivity contribution in [2.24, 2.45) is 5.92 Å². The Morgan fingerprint density at radius 3 is 2.68 bits per heavy atom. The lowest BCUT2D eigenvalue weighted by molar-refractivity contribution is -0.122. The molecule has 4 heterocycles. The second-order valence-electron chi connectivity index (χ2n) is 8.71. The molecule has 178 valence electrons. The molecular weight excluding hydrogens is 434 g/mol. The number of anilines is 2. The van der Waals surface area contributed by atoms with E-state index in [1.54, 1.807) is 13.2 Å². The Balaban J connectivity index is 0.000000868. The molecule has 0 radical (unpaired) electrons. The summed E-state index contributed by atoms with van der Waals surface area (Å²) in [5.41, 5.74) is 9.15. The smallest absolute Gasteiger partial charge is 0.290 e. The van der Waals surface area contributed by atoms with Crippen LogP contribution in [0.15, 0.2) is 53.3 Å². The molecule has 0 spiro atoms. The minimum Gasteiger partial charge on any atom is -0.497 e. The molecule has 2 aliphatic rings. The first kappa shape index (κ1) is 23.3. The predicted octanol–water partition coefficient (Wildman–Crippen LogP) is 2.65. The molecule has 9 nitrogen and oxygen atoms in total. The second kappa shape index (κ2) is 9.94. The molecule has 0 unspecified atom stereocenters. The van der Waals surface area contributed by atoms with Crippen molar-refractivity contribution in [2.75, 3.05) is 30.8 Å². The summed E-state index contributed by atoms with van der Waals surface area (Å²) in [6, 6.07) is 15.9. The van der Waals surface area contributed by atoms with Gasteiger partial charge in [0.25, 0.3) is 12.0 Å². The fourth-order valence-corrected chi connectivity index (χ4v) is 5.27. The van der Waals surface area contributed by atoms with E-state index in [0.29, 0.717) is 11.9 Å². The van der Waals surface area contributed by atoms with Crippen LogP contribution >= 0.6 is 0 Å². The van der Waals surface area contributed by atoms with Crippen molar-refractivity contribution >= 4 is 18.2 Å². The number of aryl methyl sites for hydroxylation is 1. The Morgan fingerprint density at radius 1 is 1.18 bits per heavy atom. The zero-order chi connectivity index (χ0) is 24.2. The molecule has 0 saturated carbocycles. The first-order valence-corrected chi connectivity index (χ1v) is 11.2. The third-order valence-electron chi connectivity index (χ3n) is 6.56. The molecule has 9 heteroatoms. The van der Waals surface area contributed by atoms with E-state index in [4.69, 9.17) is 20.4 Å². The number of carboxylic acid groups (broad SMARTS) is 1. The average Bonchev–Trinajstić information content (AvgIpc) is 2.82. The van der Waals surface area contributed by atoms with Crippen LogP contribution in [0.3, 0.4) is 0 Å². The van der Waals surface area contributed by atoms with Crippen molar-refractivity contribution in [2.45, 2.75) is 31.7 Å². The van der Waals surface area contributed by atoms with Gasteiger partial charge in [0.2, 0.25) is 5.95 Å². The minimum atomic E-state index is -0.250. The van der Waals surface area contributed by atoms with Crippen LogP contribution < -0.4 is 20.9 Å². The third-order valence-corrected chi connectivity index (χ3v) is 6.56. The summed E-state index contributed by atoms with van der Waals surface area (Å²) in [7, 11) is 1.68. The number of aromatic nitrogens is 3. The number of hydrogen-bond acceptors (Lipinski definition) is 7. The van der Waals surface area contributed by atoms with Crippen LogP contribution in [0.5, 0.6) is 5.75 Å². The third kappa shape index (κ3) is 4.73. The van der Waals surface area contributed by atoms with Gasteiger partial charge >= 0.3 is 0 Å². The van der Waals surface area contributed by atoms with Gasteiger partial charge in [-0.25, -0.2) is 4.98 Å². The Bertz CT molecular complexity index is 1210. The van der Waals surface area contributed by atoms with Crippen molar-refractivity contribution in [1.29, 1.82) is 0 Å². The quantitative estimate of drug-likeness (QED) is 0.566. The molecule has 2 bridgehead atoms. The fraction of sp³-hybridized carbons (Fsp3) is 0.360. The molecule has 3 aromatic rings. The van der Waals surface area contributed by atoms with Crippen LogP contribution in [0.1, 0.15) is 35.3 Å². The topological polar surface area (TPSA) is 124 Å². The number of methoxy groups -OCH3 is 1. The van der Waals surface area contributed by atoms with Gasteiger partial charge in [-0.2, -0.15) is 4.98 Å². The maximum absolute atomic E-state index is 12.9. The zero-order valence-electron chi connectivity index (χ0n) is 19.3. The van der Waals surface area contributed by atoms with E-state index in [1.807, 2.05) is 35.8 Å². The second-order valence-corrected chi connectivity index (χ2v) is 8.71. The summed E-state index contributed by atoms with van der Waals surface area (Å²) in [4.78, 5) is 32.3. The molecule has 0 aliphatic carbocycles.